The van der Waals surface area contributed by atoms with Gasteiger partial charge in [-0.05, 0) is 23.6 Å². The van der Waals surface area contributed by atoms with Crippen molar-refractivity contribution < 1.29 is 4.79 Å². The highest BCUT2D eigenvalue weighted by Crippen LogP contribution is 2.19. The lowest BCUT2D eigenvalue weighted by molar-refractivity contribution is -0.119. The standard InChI is InChI=1S/C14H18N2O/c1-5-10-7-6-8-11(9-10)16-13(17)12(15)14(2,3)4/h1,6-9,12H,15H2,2-4H3,(H,16,17)/t12-/m1/s1. The van der Waals surface area contributed by atoms with Gasteiger partial charge in [-0.1, -0.05) is 32.8 Å². The molecule has 1 aromatic rings. The second-order valence-corrected chi connectivity index (χ2v) is 5.06. The molecule has 0 aliphatic rings. The van der Waals surface area contributed by atoms with Gasteiger partial charge in [0.1, 0.15) is 0 Å². The SMILES string of the molecule is C#Cc1cccc(NC(=O)[C@@H](N)C(C)(C)C)c1. The van der Waals surface area contributed by atoms with Gasteiger partial charge in [0.25, 0.3) is 0 Å². The lowest BCUT2D eigenvalue weighted by Crippen LogP contribution is -2.45. The first kappa shape index (κ1) is 13.3. The van der Waals surface area contributed by atoms with E-state index in [4.69, 9.17) is 12.2 Å². The van der Waals surface area contributed by atoms with Crippen LogP contribution in [0.1, 0.15) is 26.3 Å². The molecular weight excluding hydrogens is 212 g/mol. The first-order valence-corrected chi connectivity index (χ1v) is 5.47. The van der Waals surface area contributed by atoms with Crippen LogP contribution in [-0.2, 0) is 4.79 Å². The third kappa shape index (κ3) is 3.61. The third-order valence-corrected chi connectivity index (χ3v) is 2.51. The van der Waals surface area contributed by atoms with Gasteiger partial charge in [0.05, 0.1) is 6.04 Å². The molecule has 0 spiro atoms. The van der Waals surface area contributed by atoms with Crippen molar-refractivity contribution in [3.05, 3.63) is 29.8 Å². The summed E-state index contributed by atoms with van der Waals surface area (Å²) in [6.07, 6.45) is 5.29. The predicted octanol–water partition coefficient (Wildman–Crippen LogP) is 1.98. The molecule has 1 aromatic carbocycles. The van der Waals surface area contributed by atoms with Crippen LogP contribution in [0.15, 0.2) is 24.3 Å². The fraction of sp³-hybridized carbons (Fsp3) is 0.357. The van der Waals surface area contributed by atoms with E-state index >= 15 is 0 Å². The van der Waals surface area contributed by atoms with E-state index in [1.165, 1.54) is 0 Å². The van der Waals surface area contributed by atoms with Crippen molar-refractivity contribution in [2.75, 3.05) is 5.32 Å². The van der Waals surface area contributed by atoms with Crippen LogP contribution in [-0.4, -0.2) is 11.9 Å². The van der Waals surface area contributed by atoms with Crippen molar-refractivity contribution >= 4 is 11.6 Å². The Morgan fingerprint density at radius 1 is 1.47 bits per heavy atom. The monoisotopic (exact) mass is 230 g/mol. The lowest BCUT2D eigenvalue weighted by Gasteiger charge is -2.25. The zero-order chi connectivity index (χ0) is 13.1. The van der Waals surface area contributed by atoms with E-state index in [0.717, 1.165) is 5.56 Å². The minimum absolute atomic E-state index is 0.202. The number of terminal acetylenes is 1. The van der Waals surface area contributed by atoms with Gasteiger partial charge in [0.15, 0.2) is 0 Å². The summed E-state index contributed by atoms with van der Waals surface area (Å²) in [7, 11) is 0. The molecule has 0 unspecified atom stereocenters. The van der Waals surface area contributed by atoms with Gasteiger partial charge in [-0.25, -0.2) is 0 Å². The molecule has 0 aliphatic carbocycles. The molecule has 1 atom stereocenters. The summed E-state index contributed by atoms with van der Waals surface area (Å²) < 4.78 is 0. The van der Waals surface area contributed by atoms with Crippen molar-refractivity contribution in [2.45, 2.75) is 26.8 Å². The molecule has 0 heterocycles. The Morgan fingerprint density at radius 2 is 2.12 bits per heavy atom. The minimum atomic E-state index is -0.558. The molecule has 0 aliphatic heterocycles. The van der Waals surface area contributed by atoms with Crippen molar-refractivity contribution in [1.29, 1.82) is 0 Å². The molecule has 0 aromatic heterocycles. The molecule has 3 N–H and O–H groups in total. The second kappa shape index (κ2) is 5.03. The highest BCUT2D eigenvalue weighted by molar-refractivity contribution is 5.95. The van der Waals surface area contributed by atoms with Gasteiger partial charge >= 0.3 is 0 Å². The summed E-state index contributed by atoms with van der Waals surface area (Å²) in [5.74, 6) is 2.32. The number of carbonyl (C=O) groups excluding carboxylic acids is 1. The van der Waals surface area contributed by atoms with E-state index in [1.807, 2.05) is 20.8 Å². The first-order chi connectivity index (χ1) is 7.84. The number of nitrogens with two attached hydrogens (primary N) is 1. The summed E-state index contributed by atoms with van der Waals surface area (Å²) in [6.45, 7) is 5.78. The number of anilines is 1. The Labute approximate surface area is 102 Å². The fourth-order valence-electron chi connectivity index (χ4n) is 1.30. The number of benzene rings is 1. The van der Waals surface area contributed by atoms with Gasteiger partial charge < -0.3 is 11.1 Å². The second-order valence-electron chi connectivity index (χ2n) is 5.06. The Morgan fingerprint density at radius 3 is 2.65 bits per heavy atom. The number of hydrogen-bond acceptors (Lipinski definition) is 2. The Hall–Kier alpha value is -1.79. The van der Waals surface area contributed by atoms with Crippen LogP contribution in [0.5, 0.6) is 0 Å². The molecule has 0 bridgehead atoms. The van der Waals surface area contributed by atoms with E-state index < -0.39 is 6.04 Å². The van der Waals surface area contributed by atoms with Gasteiger partial charge in [-0.3, -0.25) is 4.79 Å². The molecular formula is C14H18N2O. The average molecular weight is 230 g/mol. The van der Waals surface area contributed by atoms with Gasteiger partial charge in [0, 0.05) is 11.3 Å². The summed E-state index contributed by atoms with van der Waals surface area (Å²) in [5.41, 5.74) is 6.99. The molecule has 1 rings (SSSR count). The highest BCUT2D eigenvalue weighted by Gasteiger charge is 2.27. The zero-order valence-electron chi connectivity index (χ0n) is 10.4. The average Bonchev–Trinajstić information content (AvgIpc) is 2.27. The van der Waals surface area contributed by atoms with E-state index in [-0.39, 0.29) is 11.3 Å². The number of carbonyl (C=O) groups is 1. The van der Waals surface area contributed by atoms with Gasteiger partial charge in [0.2, 0.25) is 5.91 Å². The zero-order valence-corrected chi connectivity index (χ0v) is 10.4. The van der Waals surface area contributed by atoms with Gasteiger partial charge in [-0.15, -0.1) is 6.42 Å². The Kier molecular flexibility index (Phi) is 3.93. The maximum absolute atomic E-state index is 11.9. The molecule has 1 amide bonds. The van der Waals surface area contributed by atoms with Crippen molar-refractivity contribution in [1.82, 2.24) is 0 Å². The maximum Gasteiger partial charge on any atom is 0.241 e. The highest BCUT2D eigenvalue weighted by atomic mass is 16.2. The summed E-state index contributed by atoms with van der Waals surface area (Å²) in [6, 6.07) is 6.57. The molecule has 90 valence electrons. The van der Waals surface area contributed by atoms with E-state index in [9.17, 15) is 4.79 Å². The minimum Gasteiger partial charge on any atom is -0.325 e. The Bertz CT molecular complexity index is 452. The molecule has 0 saturated heterocycles. The lowest BCUT2D eigenvalue weighted by atomic mass is 9.87. The molecule has 3 nitrogen and oxygen atoms in total. The molecule has 3 heteroatoms. The normalized spacial score (nSPS) is 12.6. The molecule has 0 saturated carbocycles. The number of rotatable bonds is 2. The molecule has 0 radical (unpaired) electrons. The summed E-state index contributed by atoms with van der Waals surface area (Å²) in [4.78, 5) is 11.9. The Balaban J connectivity index is 2.79. The summed E-state index contributed by atoms with van der Waals surface area (Å²) >= 11 is 0. The van der Waals surface area contributed by atoms with Crippen molar-refractivity contribution in [2.24, 2.45) is 11.1 Å². The van der Waals surface area contributed by atoms with Gasteiger partial charge in [-0.2, -0.15) is 0 Å². The quantitative estimate of drug-likeness (QED) is 0.763. The van der Waals surface area contributed by atoms with Crippen molar-refractivity contribution in [3.8, 4) is 12.3 Å². The van der Waals surface area contributed by atoms with Crippen LogP contribution in [0.25, 0.3) is 0 Å². The molecule has 0 fully saturated rings. The third-order valence-electron chi connectivity index (χ3n) is 2.51. The largest absolute Gasteiger partial charge is 0.325 e. The predicted molar refractivity (Wildman–Crippen MR) is 70.4 cm³/mol. The summed E-state index contributed by atoms with van der Waals surface area (Å²) in [5, 5.41) is 2.76. The van der Waals surface area contributed by atoms with E-state index in [2.05, 4.69) is 11.2 Å². The first-order valence-electron chi connectivity index (χ1n) is 5.47. The number of nitrogens with one attached hydrogen (secondary N) is 1. The number of hydrogen-bond donors (Lipinski definition) is 2. The topological polar surface area (TPSA) is 55.1 Å². The number of amides is 1. The van der Waals surface area contributed by atoms with Crippen molar-refractivity contribution in [3.63, 3.8) is 0 Å². The van der Waals surface area contributed by atoms with Crippen LogP contribution in [0.3, 0.4) is 0 Å². The maximum atomic E-state index is 11.9. The van der Waals surface area contributed by atoms with Crippen LogP contribution in [0.4, 0.5) is 5.69 Å². The smallest absolute Gasteiger partial charge is 0.241 e. The van der Waals surface area contributed by atoms with Crippen LogP contribution in [0.2, 0.25) is 0 Å². The molecule has 17 heavy (non-hydrogen) atoms. The fourth-order valence-corrected chi connectivity index (χ4v) is 1.30. The van der Waals surface area contributed by atoms with Crippen LogP contribution in [0, 0.1) is 17.8 Å². The van der Waals surface area contributed by atoms with E-state index in [0.29, 0.717) is 5.69 Å². The van der Waals surface area contributed by atoms with Crippen LogP contribution < -0.4 is 11.1 Å². The van der Waals surface area contributed by atoms with E-state index in [1.54, 1.807) is 24.3 Å². The van der Waals surface area contributed by atoms with Crippen LogP contribution >= 0.6 is 0 Å².